The Balaban J connectivity index is 2.38. The van der Waals surface area contributed by atoms with Crippen molar-refractivity contribution in [2.45, 2.75) is 13.8 Å². The molecule has 4 heteroatoms. The zero-order valence-electron chi connectivity index (χ0n) is 9.54. The summed E-state index contributed by atoms with van der Waals surface area (Å²) < 4.78 is 0. The second-order valence-electron chi connectivity index (χ2n) is 3.61. The van der Waals surface area contributed by atoms with Crippen LogP contribution in [0.1, 0.15) is 22.8 Å². The average Bonchev–Trinajstić information content (AvgIpc) is 2.24. The van der Waals surface area contributed by atoms with Crippen molar-refractivity contribution in [3.05, 3.63) is 35.4 Å². The lowest BCUT2D eigenvalue weighted by molar-refractivity contribution is -0.118. The fourth-order valence-corrected chi connectivity index (χ4v) is 1.30. The van der Waals surface area contributed by atoms with E-state index < -0.39 is 0 Å². The molecule has 86 valence electrons. The predicted molar refractivity (Wildman–Crippen MR) is 62.2 cm³/mol. The lowest BCUT2D eigenvalue weighted by Crippen LogP contribution is -2.33. The Bertz CT molecular complexity index is 388. The molecule has 0 radical (unpaired) electrons. The van der Waals surface area contributed by atoms with Gasteiger partial charge < -0.3 is 10.6 Å². The Labute approximate surface area is 95.0 Å². The van der Waals surface area contributed by atoms with Gasteiger partial charge in [-0.25, -0.2) is 0 Å². The predicted octanol–water partition coefficient (Wildman–Crippen LogP) is 0.861. The third-order valence-electron chi connectivity index (χ3n) is 2.06. The first-order valence-corrected chi connectivity index (χ1v) is 5.19. The monoisotopic (exact) mass is 220 g/mol. The van der Waals surface area contributed by atoms with Crippen molar-refractivity contribution < 1.29 is 9.59 Å². The zero-order chi connectivity index (χ0) is 12.0. The van der Waals surface area contributed by atoms with Crippen molar-refractivity contribution in [2.75, 3.05) is 13.1 Å². The summed E-state index contributed by atoms with van der Waals surface area (Å²) in [7, 11) is 0. The molecule has 0 saturated carbocycles. The Kier molecular flexibility index (Phi) is 4.51. The molecular weight excluding hydrogens is 204 g/mol. The van der Waals surface area contributed by atoms with Gasteiger partial charge in [-0.2, -0.15) is 0 Å². The van der Waals surface area contributed by atoms with Crippen LogP contribution in [-0.4, -0.2) is 24.9 Å². The lowest BCUT2D eigenvalue weighted by Gasteiger charge is -2.06. The third kappa shape index (κ3) is 4.13. The lowest BCUT2D eigenvalue weighted by atomic mass is 10.1. The van der Waals surface area contributed by atoms with Gasteiger partial charge in [0.05, 0.1) is 0 Å². The minimum atomic E-state index is -0.117. The van der Waals surface area contributed by atoms with Gasteiger partial charge in [-0.15, -0.1) is 0 Å². The van der Waals surface area contributed by atoms with Crippen LogP contribution in [0.15, 0.2) is 24.3 Å². The van der Waals surface area contributed by atoms with Crippen LogP contribution in [0.2, 0.25) is 0 Å². The molecule has 0 aliphatic rings. The highest BCUT2D eigenvalue weighted by molar-refractivity contribution is 5.94. The van der Waals surface area contributed by atoms with Crippen molar-refractivity contribution in [1.82, 2.24) is 10.6 Å². The summed E-state index contributed by atoms with van der Waals surface area (Å²) in [6, 6.07) is 7.38. The molecule has 0 saturated heterocycles. The highest BCUT2D eigenvalue weighted by Gasteiger charge is 2.03. The molecule has 0 heterocycles. The molecule has 0 unspecified atom stereocenters. The van der Waals surface area contributed by atoms with E-state index in [4.69, 9.17) is 0 Å². The first kappa shape index (κ1) is 12.2. The summed E-state index contributed by atoms with van der Waals surface area (Å²) in [5.41, 5.74) is 1.69. The number of carbonyl (C=O) groups excluding carboxylic acids is 2. The topological polar surface area (TPSA) is 58.2 Å². The van der Waals surface area contributed by atoms with Gasteiger partial charge in [-0.1, -0.05) is 17.7 Å². The number of hydrogen-bond acceptors (Lipinski definition) is 2. The Hall–Kier alpha value is -1.84. The van der Waals surface area contributed by atoms with Crippen LogP contribution in [0.3, 0.4) is 0 Å². The summed E-state index contributed by atoms with van der Waals surface area (Å²) in [4.78, 5) is 22.2. The number of benzene rings is 1. The third-order valence-corrected chi connectivity index (χ3v) is 2.06. The maximum atomic E-state index is 11.6. The van der Waals surface area contributed by atoms with Crippen molar-refractivity contribution in [3.63, 3.8) is 0 Å². The number of aryl methyl sites for hydroxylation is 1. The van der Waals surface area contributed by atoms with Crippen LogP contribution < -0.4 is 10.6 Å². The molecule has 0 aromatic heterocycles. The van der Waals surface area contributed by atoms with E-state index >= 15 is 0 Å². The molecule has 0 fully saturated rings. The van der Waals surface area contributed by atoms with Gasteiger partial charge >= 0.3 is 0 Å². The minimum Gasteiger partial charge on any atom is -0.355 e. The number of nitrogens with one attached hydrogen (secondary N) is 2. The Morgan fingerprint density at radius 2 is 1.88 bits per heavy atom. The van der Waals surface area contributed by atoms with Crippen molar-refractivity contribution in [2.24, 2.45) is 0 Å². The molecule has 1 aromatic rings. The molecule has 1 aromatic carbocycles. The number of amides is 2. The van der Waals surface area contributed by atoms with E-state index in [1.54, 1.807) is 6.07 Å². The molecular formula is C12H16N2O2. The van der Waals surface area contributed by atoms with Gasteiger partial charge in [0.2, 0.25) is 5.91 Å². The van der Waals surface area contributed by atoms with E-state index in [1.807, 2.05) is 25.1 Å². The van der Waals surface area contributed by atoms with Crippen molar-refractivity contribution >= 4 is 11.8 Å². The first-order chi connectivity index (χ1) is 7.59. The molecule has 0 aliphatic carbocycles. The normalized spacial score (nSPS) is 9.62. The maximum absolute atomic E-state index is 11.6. The van der Waals surface area contributed by atoms with E-state index in [-0.39, 0.29) is 11.8 Å². The van der Waals surface area contributed by atoms with Gasteiger partial charge in [0.15, 0.2) is 0 Å². The molecule has 0 aliphatic heterocycles. The number of hydrogen-bond donors (Lipinski definition) is 2. The summed E-state index contributed by atoms with van der Waals surface area (Å²) in [6.45, 7) is 4.27. The quantitative estimate of drug-likeness (QED) is 0.739. The second kappa shape index (κ2) is 5.90. The van der Waals surface area contributed by atoms with E-state index in [1.165, 1.54) is 6.92 Å². The fourth-order valence-electron chi connectivity index (χ4n) is 1.30. The van der Waals surface area contributed by atoms with Gasteiger partial charge in [0, 0.05) is 25.6 Å². The van der Waals surface area contributed by atoms with Gasteiger partial charge in [-0.3, -0.25) is 9.59 Å². The molecule has 0 atom stereocenters. The smallest absolute Gasteiger partial charge is 0.251 e. The maximum Gasteiger partial charge on any atom is 0.251 e. The van der Waals surface area contributed by atoms with Crippen LogP contribution >= 0.6 is 0 Å². The van der Waals surface area contributed by atoms with E-state index in [0.717, 1.165) is 5.56 Å². The summed E-state index contributed by atoms with van der Waals surface area (Å²) in [5, 5.41) is 5.34. The minimum absolute atomic E-state index is 0.0928. The first-order valence-electron chi connectivity index (χ1n) is 5.19. The van der Waals surface area contributed by atoms with Crippen LogP contribution in [-0.2, 0) is 4.79 Å². The van der Waals surface area contributed by atoms with Crippen LogP contribution in [0.5, 0.6) is 0 Å². The van der Waals surface area contributed by atoms with E-state index in [0.29, 0.717) is 18.7 Å². The SMILES string of the molecule is CC(=O)NCCNC(=O)c1cccc(C)c1. The standard InChI is InChI=1S/C12H16N2O2/c1-9-4-3-5-11(8-9)12(16)14-7-6-13-10(2)15/h3-5,8H,6-7H2,1-2H3,(H,13,15)(H,14,16). The van der Waals surface area contributed by atoms with Crippen LogP contribution in [0.4, 0.5) is 0 Å². The largest absolute Gasteiger partial charge is 0.355 e. The van der Waals surface area contributed by atoms with Crippen molar-refractivity contribution in [1.29, 1.82) is 0 Å². The number of rotatable bonds is 4. The van der Waals surface area contributed by atoms with Crippen LogP contribution in [0, 0.1) is 6.92 Å². The van der Waals surface area contributed by atoms with E-state index in [2.05, 4.69) is 10.6 Å². The molecule has 4 nitrogen and oxygen atoms in total. The molecule has 2 N–H and O–H groups in total. The van der Waals surface area contributed by atoms with Crippen LogP contribution in [0.25, 0.3) is 0 Å². The Morgan fingerprint density at radius 1 is 1.19 bits per heavy atom. The van der Waals surface area contributed by atoms with Gasteiger partial charge in [0.25, 0.3) is 5.91 Å². The highest BCUT2D eigenvalue weighted by atomic mass is 16.2. The Morgan fingerprint density at radius 3 is 2.50 bits per heavy atom. The summed E-state index contributed by atoms with van der Waals surface area (Å²) >= 11 is 0. The molecule has 0 bridgehead atoms. The molecule has 2 amide bonds. The average molecular weight is 220 g/mol. The zero-order valence-corrected chi connectivity index (χ0v) is 9.54. The molecule has 1 rings (SSSR count). The van der Waals surface area contributed by atoms with Gasteiger partial charge in [0.1, 0.15) is 0 Å². The summed E-state index contributed by atoms with van der Waals surface area (Å²) in [5.74, 6) is -0.209. The number of carbonyl (C=O) groups is 2. The molecule has 16 heavy (non-hydrogen) atoms. The second-order valence-corrected chi connectivity index (χ2v) is 3.61. The highest BCUT2D eigenvalue weighted by Crippen LogP contribution is 2.03. The molecule has 0 spiro atoms. The van der Waals surface area contributed by atoms with E-state index in [9.17, 15) is 9.59 Å². The van der Waals surface area contributed by atoms with Gasteiger partial charge in [-0.05, 0) is 19.1 Å². The summed E-state index contributed by atoms with van der Waals surface area (Å²) in [6.07, 6.45) is 0. The fraction of sp³-hybridized carbons (Fsp3) is 0.333. The van der Waals surface area contributed by atoms with Crippen molar-refractivity contribution in [3.8, 4) is 0 Å².